The Kier molecular flexibility index (Phi) is 5.75. The minimum atomic E-state index is -0.536. The second-order valence-electron chi connectivity index (χ2n) is 6.90. The number of ether oxygens (including phenoxy) is 1. The summed E-state index contributed by atoms with van der Waals surface area (Å²) >= 11 is 7.03. The highest BCUT2D eigenvalue weighted by Gasteiger charge is 2.17. The van der Waals surface area contributed by atoms with Crippen molar-refractivity contribution in [2.24, 2.45) is 0 Å². The van der Waals surface area contributed by atoms with Crippen molar-refractivity contribution in [1.29, 1.82) is 0 Å². The van der Waals surface area contributed by atoms with E-state index in [9.17, 15) is 14.0 Å². The Balaban J connectivity index is 1.51. The molecule has 0 aliphatic carbocycles. The molecule has 1 N–H and O–H groups in total. The van der Waals surface area contributed by atoms with Gasteiger partial charge in [0.15, 0.2) is 10.9 Å². The molecule has 4 aromatic rings. The summed E-state index contributed by atoms with van der Waals surface area (Å²) < 4.78 is 24.9. The average molecular weight is 459 g/mol. The standard InChI is InChI=1S/C22H16ClFN2O4S/c1-11(2)29-21(28)13-4-6-16-19(10-13)31-22(25-16)26-20(27)18-8-7-17(30-18)12-3-5-15(24)14(23)9-12/h3-11H,1-2H3,(H,25,26,27). The van der Waals surface area contributed by atoms with Crippen LogP contribution in [-0.4, -0.2) is 23.0 Å². The van der Waals surface area contributed by atoms with Gasteiger partial charge in [0, 0.05) is 5.56 Å². The van der Waals surface area contributed by atoms with Crippen LogP contribution in [0.15, 0.2) is 52.9 Å². The number of aromatic nitrogens is 1. The van der Waals surface area contributed by atoms with Crippen molar-refractivity contribution in [3.63, 3.8) is 0 Å². The van der Waals surface area contributed by atoms with E-state index in [1.165, 1.54) is 35.6 Å². The van der Waals surface area contributed by atoms with Gasteiger partial charge >= 0.3 is 5.97 Å². The number of carbonyl (C=O) groups is 2. The van der Waals surface area contributed by atoms with Gasteiger partial charge in [-0.2, -0.15) is 0 Å². The molecule has 0 aliphatic heterocycles. The molecule has 0 bridgehead atoms. The zero-order chi connectivity index (χ0) is 22.1. The molecule has 158 valence electrons. The SMILES string of the molecule is CC(C)OC(=O)c1ccc2nc(NC(=O)c3ccc(-c4ccc(F)c(Cl)c4)o3)sc2c1. The number of rotatable bonds is 5. The van der Waals surface area contributed by atoms with Crippen LogP contribution in [0.25, 0.3) is 21.5 Å². The van der Waals surface area contributed by atoms with Crippen molar-refractivity contribution in [3.05, 3.63) is 70.7 Å². The maximum atomic E-state index is 13.3. The van der Waals surface area contributed by atoms with Crippen LogP contribution in [0.5, 0.6) is 0 Å². The van der Waals surface area contributed by atoms with Crippen LogP contribution in [0, 0.1) is 5.82 Å². The number of thiazole rings is 1. The van der Waals surface area contributed by atoms with Gasteiger partial charge in [-0.25, -0.2) is 14.2 Å². The van der Waals surface area contributed by atoms with Gasteiger partial charge in [-0.15, -0.1) is 0 Å². The monoisotopic (exact) mass is 458 g/mol. The van der Waals surface area contributed by atoms with Crippen LogP contribution in [0.3, 0.4) is 0 Å². The van der Waals surface area contributed by atoms with E-state index < -0.39 is 17.7 Å². The molecule has 1 amide bonds. The van der Waals surface area contributed by atoms with E-state index in [1.807, 2.05) is 0 Å². The molecule has 0 radical (unpaired) electrons. The Labute approximate surface area is 185 Å². The van der Waals surface area contributed by atoms with Crippen LogP contribution in [-0.2, 0) is 4.74 Å². The molecule has 2 heterocycles. The first-order chi connectivity index (χ1) is 14.8. The summed E-state index contributed by atoms with van der Waals surface area (Å²) in [5.41, 5.74) is 1.60. The molecule has 9 heteroatoms. The second-order valence-corrected chi connectivity index (χ2v) is 8.34. The van der Waals surface area contributed by atoms with Gasteiger partial charge < -0.3 is 9.15 Å². The third-order valence-corrected chi connectivity index (χ3v) is 5.44. The van der Waals surface area contributed by atoms with Crippen molar-refractivity contribution >= 4 is 50.2 Å². The van der Waals surface area contributed by atoms with Gasteiger partial charge in [0.05, 0.1) is 26.9 Å². The van der Waals surface area contributed by atoms with Crippen LogP contribution >= 0.6 is 22.9 Å². The first-order valence-electron chi connectivity index (χ1n) is 9.28. The maximum absolute atomic E-state index is 13.3. The lowest BCUT2D eigenvalue weighted by molar-refractivity contribution is 0.0378. The Hall–Kier alpha value is -3.23. The van der Waals surface area contributed by atoms with Crippen molar-refractivity contribution in [1.82, 2.24) is 4.98 Å². The summed E-state index contributed by atoms with van der Waals surface area (Å²) in [4.78, 5) is 29.0. The Morgan fingerprint density at radius 1 is 1.16 bits per heavy atom. The second kappa shape index (κ2) is 8.49. The molecule has 0 fully saturated rings. The number of fused-ring (bicyclic) bond motifs is 1. The van der Waals surface area contributed by atoms with E-state index in [0.717, 1.165) is 4.70 Å². The fourth-order valence-corrected chi connectivity index (χ4v) is 3.89. The van der Waals surface area contributed by atoms with Crippen molar-refractivity contribution < 1.29 is 23.1 Å². The van der Waals surface area contributed by atoms with Gasteiger partial charge in [0.25, 0.3) is 5.91 Å². The third kappa shape index (κ3) is 4.60. The minimum Gasteiger partial charge on any atom is -0.459 e. The molecular formula is C22H16ClFN2O4S. The highest BCUT2D eigenvalue weighted by Crippen LogP contribution is 2.29. The third-order valence-electron chi connectivity index (χ3n) is 4.22. The van der Waals surface area contributed by atoms with Gasteiger partial charge in [-0.05, 0) is 62.4 Å². The van der Waals surface area contributed by atoms with Crippen LogP contribution < -0.4 is 5.32 Å². The smallest absolute Gasteiger partial charge is 0.338 e. The van der Waals surface area contributed by atoms with E-state index in [1.54, 1.807) is 38.1 Å². The first-order valence-corrected chi connectivity index (χ1v) is 10.5. The van der Waals surface area contributed by atoms with Crippen molar-refractivity contribution in [2.45, 2.75) is 20.0 Å². The zero-order valence-corrected chi connectivity index (χ0v) is 18.0. The van der Waals surface area contributed by atoms with Gasteiger partial charge in [-0.1, -0.05) is 22.9 Å². The van der Waals surface area contributed by atoms with E-state index in [-0.39, 0.29) is 16.9 Å². The summed E-state index contributed by atoms with van der Waals surface area (Å²) in [6.07, 6.45) is -0.219. The number of halogens is 2. The van der Waals surface area contributed by atoms with Gasteiger partial charge in [0.1, 0.15) is 11.6 Å². The van der Waals surface area contributed by atoms with Crippen molar-refractivity contribution in [3.8, 4) is 11.3 Å². The number of hydrogen-bond acceptors (Lipinski definition) is 6. The number of carbonyl (C=O) groups excluding carboxylic acids is 2. The van der Waals surface area contributed by atoms with Crippen LogP contribution in [0.2, 0.25) is 5.02 Å². The maximum Gasteiger partial charge on any atom is 0.338 e. The summed E-state index contributed by atoms with van der Waals surface area (Å²) in [6, 6.07) is 12.3. The Bertz CT molecular complexity index is 1300. The van der Waals surface area contributed by atoms with Crippen LogP contribution in [0.4, 0.5) is 9.52 Å². The lowest BCUT2D eigenvalue weighted by Crippen LogP contribution is -2.11. The van der Waals surface area contributed by atoms with Crippen LogP contribution in [0.1, 0.15) is 34.8 Å². The molecule has 0 unspecified atom stereocenters. The molecule has 0 aliphatic rings. The largest absolute Gasteiger partial charge is 0.459 e. The summed E-state index contributed by atoms with van der Waals surface area (Å²) in [7, 11) is 0. The fourth-order valence-electron chi connectivity index (χ4n) is 2.81. The quantitative estimate of drug-likeness (QED) is 0.362. The number of amides is 1. The van der Waals surface area contributed by atoms with E-state index in [2.05, 4.69) is 10.3 Å². The normalized spacial score (nSPS) is 11.1. The summed E-state index contributed by atoms with van der Waals surface area (Å²) in [5.74, 6) is -0.996. The molecule has 4 rings (SSSR count). The molecule has 2 aromatic heterocycles. The first kappa shape index (κ1) is 21.0. The zero-order valence-electron chi connectivity index (χ0n) is 16.4. The summed E-state index contributed by atoms with van der Waals surface area (Å²) in [5, 5.41) is 3.01. The molecule has 31 heavy (non-hydrogen) atoms. The molecule has 0 spiro atoms. The van der Waals surface area contributed by atoms with Gasteiger partial charge in [0.2, 0.25) is 0 Å². The lowest BCUT2D eigenvalue weighted by atomic mass is 10.2. The van der Waals surface area contributed by atoms with E-state index in [4.69, 9.17) is 20.8 Å². The average Bonchev–Trinajstić information content (AvgIpc) is 3.35. The van der Waals surface area contributed by atoms with E-state index >= 15 is 0 Å². The highest BCUT2D eigenvalue weighted by atomic mass is 35.5. The predicted octanol–water partition coefficient (Wildman–Crippen LogP) is 6.17. The number of esters is 1. The van der Waals surface area contributed by atoms with E-state index in [0.29, 0.717) is 27.5 Å². The molecule has 2 aromatic carbocycles. The predicted molar refractivity (Wildman–Crippen MR) is 117 cm³/mol. The number of furan rings is 1. The van der Waals surface area contributed by atoms with Crippen molar-refractivity contribution in [2.75, 3.05) is 5.32 Å². The molecule has 0 atom stereocenters. The number of benzene rings is 2. The molecule has 0 saturated carbocycles. The fraction of sp³-hybridized carbons (Fsp3) is 0.136. The number of anilines is 1. The highest BCUT2D eigenvalue weighted by molar-refractivity contribution is 7.22. The molecule has 0 saturated heterocycles. The summed E-state index contributed by atoms with van der Waals surface area (Å²) in [6.45, 7) is 3.56. The minimum absolute atomic E-state index is 0.0361. The topological polar surface area (TPSA) is 81.4 Å². The lowest BCUT2D eigenvalue weighted by Gasteiger charge is -2.07. The molecule has 6 nitrogen and oxygen atoms in total. The Morgan fingerprint density at radius 2 is 1.97 bits per heavy atom. The van der Waals surface area contributed by atoms with Gasteiger partial charge in [-0.3, -0.25) is 10.1 Å². The molecular weight excluding hydrogens is 443 g/mol. The Morgan fingerprint density at radius 3 is 2.71 bits per heavy atom. The number of nitrogens with zero attached hydrogens (tertiary/aromatic N) is 1. The number of hydrogen-bond donors (Lipinski definition) is 1. The number of nitrogens with one attached hydrogen (secondary N) is 1.